The zero-order valence-corrected chi connectivity index (χ0v) is 16.3. The predicted molar refractivity (Wildman–Crippen MR) is 103 cm³/mol. The zero-order chi connectivity index (χ0) is 19.4. The van der Waals surface area contributed by atoms with Crippen molar-refractivity contribution in [3.8, 4) is 0 Å². The molecule has 0 radical (unpaired) electrons. The Hall–Kier alpha value is -2.41. The first-order valence-corrected chi connectivity index (χ1v) is 9.62. The molecule has 1 aromatic rings. The average molecular weight is 372 g/mol. The Kier molecular flexibility index (Phi) is 6.11. The van der Waals surface area contributed by atoms with Crippen molar-refractivity contribution in [2.24, 2.45) is 10.9 Å². The van der Waals surface area contributed by atoms with E-state index in [2.05, 4.69) is 22.0 Å². The maximum absolute atomic E-state index is 12.8. The lowest BCUT2D eigenvalue weighted by molar-refractivity contribution is -0.153. The van der Waals surface area contributed by atoms with Crippen LogP contribution >= 0.6 is 0 Å². The van der Waals surface area contributed by atoms with Crippen molar-refractivity contribution >= 4 is 17.8 Å². The topological polar surface area (TPSA) is 74.2 Å². The quantitative estimate of drug-likeness (QED) is 0.638. The molecule has 1 aromatic carbocycles. The van der Waals surface area contributed by atoms with Crippen molar-refractivity contribution in [3.63, 3.8) is 0 Å². The van der Waals surface area contributed by atoms with E-state index in [1.807, 2.05) is 31.2 Å². The number of esters is 1. The van der Waals surface area contributed by atoms with Gasteiger partial charge in [0.2, 0.25) is 11.9 Å². The van der Waals surface area contributed by atoms with E-state index in [0.717, 1.165) is 43.9 Å². The lowest BCUT2D eigenvalue weighted by Gasteiger charge is -2.38. The summed E-state index contributed by atoms with van der Waals surface area (Å²) in [6, 6.07) is 7.23. The number of nitrogens with one attached hydrogen (secondary N) is 1. The van der Waals surface area contributed by atoms with Crippen LogP contribution in [0.25, 0.3) is 0 Å². The standard InChI is InChI=1S/C20H28N4O3/c1-4-23-9-11-24(12-10-23)20-21-17(15-8-6-7-14(3)13-15)16(18(25)22-20)19(26)27-5-2/h6-8,13,16-17H,4-5,9-12H2,1-3H3,(H,21,22,25)/t16-,17+/m0/s1. The van der Waals surface area contributed by atoms with Crippen molar-refractivity contribution < 1.29 is 14.3 Å². The van der Waals surface area contributed by atoms with Crippen molar-refractivity contribution in [2.75, 3.05) is 39.3 Å². The minimum absolute atomic E-state index is 0.235. The first kappa shape index (κ1) is 19.4. The number of rotatable bonds is 4. The highest BCUT2D eigenvalue weighted by molar-refractivity contribution is 6.08. The molecule has 0 spiro atoms. The highest BCUT2D eigenvalue weighted by atomic mass is 16.5. The molecule has 0 aliphatic carbocycles. The van der Waals surface area contributed by atoms with Crippen LogP contribution in [0.2, 0.25) is 0 Å². The van der Waals surface area contributed by atoms with E-state index in [-0.39, 0.29) is 12.5 Å². The van der Waals surface area contributed by atoms with Gasteiger partial charge in [-0.15, -0.1) is 0 Å². The fourth-order valence-electron chi connectivity index (χ4n) is 3.60. The Morgan fingerprint density at radius 2 is 2.00 bits per heavy atom. The summed E-state index contributed by atoms with van der Waals surface area (Å²) in [4.78, 5) is 34.5. The van der Waals surface area contributed by atoms with Gasteiger partial charge in [-0.2, -0.15) is 0 Å². The van der Waals surface area contributed by atoms with Crippen LogP contribution in [-0.4, -0.2) is 67.0 Å². The van der Waals surface area contributed by atoms with E-state index in [1.165, 1.54) is 0 Å². The molecule has 7 nitrogen and oxygen atoms in total. The molecule has 2 heterocycles. The molecule has 1 amide bonds. The molecular weight excluding hydrogens is 344 g/mol. The molecule has 1 saturated heterocycles. The summed E-state index contributed by atoms with van der Waals surface area (Å²) in [6.07, 6.45) is 0. The van der Waals surface area contributed by atoms with Gasteiger partial charge in [0, 0.05) is 26.2 Å². The zero-order valence-electron chi connectivity index (χ0n) is 16.3. The highest BCUT2D eigenvalue weighted by Gasteiger charge is 2.42. The van der Waals surface area contributed by atoms with Crippen molar-refractivity contribution in [1.29, 1.82) is 0 Å². The normalized spacial score (nSPS) is 23.6. The molecule has 2 aliphatic rings. The summed E-state index contributed by atoms with van der Waals surface area (Å²) in [7, 11) is 0. The van der Waals surface area contributed by atoms with Gasteiger partial charge >= 0.3 is 5.97 Å². The summed E-state index contributed by atoms with van der Waals surface area (Å²) in [5.74, 6) is -1.28. The van der Waals surface area contributed by atoms with Crippen molar-refractivity contribution in [1.82, 2.24) is 15.1 Å². The number of likely N-dealkylation sites (N-methyl/N-ethyl adjacent to an activating group) is 1. The Morgan fingerprint density at radius 1 is 1.26 bits per heavy atom. The van der Waals surface area contributed by atoms with E-state index in [4.69, 9.17) is 9.73 Å². The number of benzene rings is 1. The number of nitrogens with zero attached hydrogens (tertiary/aromatic N) is 3. The van der Waals surface area contributed by atoms with Gasteiger partial charge in [0.15, 0.2) is 5.92 Å². The second kappa shape index (κ2) is 8.52. The summed E-state index contributed by atoms with van der Waals surface area (Å²) >= 11 is 0. The predicted octanol–water partition coefficient (Wildman–Crippen LogP) is 1.34. The van der Waals surface area contributed by atoms with Gasteiger partial charge in [-0.3, -0.25) is 14.9 Å². The monoisotopic (exact) mass is 372 g/mol. The molecule has 27 heavy (non-hydrogen) atoms. The SMILES string of the molecule is CCOC(=O)[C@@H]1C(=O)NC(N2CCN(CC)CC2)=N[C@@H]1c1cccc(C)c1. The van der Waals surface area contributed by atoms with Gasteiger partial charge < -0.3 is 14.5 Å². The van der Waals surface area contributed by atoms with E-state index < -0.39 is 17.9 Å². The number of aliphatic imine (C=N–C) groups is 1. The maximum Gasteiger partial charge on any atom is 0.321 e. The molecule has 0 saturated carbocycles. The fraction of sp³-hybridized carbons (Fsp3) is 0.550. The number of carbonyl (C=O) groups excluding carboxylic acids is 2. The Morgan fingerprint density at radius 3 is 2.63 bits per heavy atom. The minimum Gasteiger partial charge on any atom is -0.465 e. The summed E-state index contributed by atoms with van der Waals surface area (Å²) in [5, 5.41) is 2.84. The number of carbonyl (C=O) groups is 2. The van der Waals surface area contributed by atoms with Crippen molar-refractivity contribution in [3.05, 3.63) is 35.4 Å². The largest absolute Gasteiger partial charge is 0.465 e. The molecule has 0 bridgehead atoms. The second-order valence-electron chi connectivity index (χ2n) is 6.95. The van der Waals surface area contributed by atoms with Crippen LogP contribution in [0.3, 0.4) is 0 Å². The van der Waals surface area contributed by atoms with E-state index >= 15 is 0 Å². The summed E-state index contributed by atoms with van der Waals surface area (Å²) < 4.78 is 5.15. The first-order valence-electron chi connectivity index (χ1n) is 9.62. The molecule has 1 fully saturated rings. The van der Waals surface area contributed by atoms with Crippen LogP contribution in [0, 0.1) is 12.8 Å². The smallest absolute Gasteiger partial charge is 0.321 e. The van der Waals surface area contributed by atoms with Crippen LogP contribution in [0.15, 0.2) is 29.3 Å². The van der Waals surface area contributed by atoms with Crippen LogP contribution in [0.5, 0.6) is 0 Å². The summed E-state index contributed by atoms with van der Waals surface area (Å²) in [6.45, 7) is 10.6. The molecule has 3 rings (SSSR count). The second-order valence-corrected chi connectivity index (χ2v) is 6.95. The Labute approximate surface area is 160 Å². The van der Waals surface area contributed by atoms with Gasteiger partial charge in [0.25, 0.3) is 0 Å². The number of guanidine groups is 1. The minimum atomic E-state index is -0.965. The maximum atomic E-state index is 12.8. The van der Waals surface area contributed by atoms with Gasteiger partial charge in [-0.25, -0.2) is 4.99 Å². The van der Waals surface area contributed by atoms with Crippen LogP contribution < -0.4 is 5.32 Å². The van der Waals surface area contributed by atoms with Gasteiger partial charge in [0.1, 0.15) is 6.04 Å². The van der Waals surface area contributed by atoms with E-state index in [0.29, 0.717) is 5.96 Å². The molecule has 2 aliphatic heterocycles. The number of amides is 1. The molecule has 2 atom stereocenters. The molecule has 1 N–H and O–H groups in total. The van der Waals surface area contributed by atoms with E-state index in [1.54, 1.807) is 6.92 Å². The molecule has 7 heteroatoms. The van der Waals surface area contributed by atoms with Gasteiger partial charge in [-0.05, 0) is 26.0 Å². The lowest BCUT2D eigenvalue weighted by atomic mass is 9.90. The van der Waals surface area contributed by atoms with E-state index in [9.17, 15) is 9.59 Å². The van der Waals surface area contributed by atoms with Crippen LogP contribution in [0.1, 0.15) is 31.0 Å². The lowest BCUT2D eigenvalue weighted by Crippen LogP contribution is -2.57. The Balaban J connectivity index is 1.91. The average Bonchev–Trinajstić information content (AvgIpc) is 2.67. The number of ether oxygens (including phenoxy) is 1. The molecule has 0 aromatic heterocycles. The van der Waals surface area contributed by atoms with Gasteiger partial charge in [0.05, 0.1) is 6.61 Å². The third-order valence-electron chi connectivity index (χ3n) is 5.14. The number of hydrogen-bond acceptors (Lipinski definition) is 6. The third kappa shape index (κ3) is 4.30. The van der Waals surface area contributed by atoms with Gasteiger partial charge in [-0.1, -0.05) is 36.8 Å². The molecule has 0 unspecified atom stereocenters. The number of aryl methyl sites for hydroxylation is 1. The summed E-state index contributed by atoms with van der Waals surface area (Å²) in [5.41, 5.74) is 1.92. The molecular formula is C20H28N4O3. The first-order chi connectivity index (χ1) is 13.0. The fourth-order valence-corrected chi connectivity index (χ4v) is 3.60. The number of piperazine rings is 1. The van der Waals surface area contributed by atoms with Crippen molar-refractivity contribution in [2.45, 2.75) is 26.8 Å². The number of hydrogen-bond donors (Lipinski definition) is 1. The Bertz CT molecular complexity index is 726. The highest BCUT2D eigenvalue weighted by Crippen LogP contribution is 2.31. The molecule has 146 valence electrons. The van der Waals surface area contributed by atoms with Crippen LogP contribution in [-0.2, 0) is 14.3 Å². The van der Waals surface area contributed by atoms with Crippen LogP contribution in [0.4, 0.5) is 0 Å². The third-order valence-corrected chi connectivity index (χ3v) is 5.14.